The Kier molecular flexibility index (Phi) is 6.36. The minimum absolute atomic E-state index is 0.143. The maximum Gasteiger partial charge on any atom is 0.275 e. The number of rotatable bonds is 7. The van der Waals surface area contributed by atoms with Crippen molar-refractivity contribution >= 4 is 21.6 Å². The van der Waals surface area contributed by atoms with Crippen LogP contribution >= 0.6 is 11.3 Å². The summed E-state index contributed by atoms with van der Waals surface area (Å²) in [7, 11) is 1.60. The highest BCUT2D eigenvalue weighted by Gasteiger charge is 2.40. The summed E-state index contributed by atoms with van der Waals surface area (Å²) in [5, 5.41) is 9.56. The van der Waals surface area contributed by atoms with Gasteiger partial charge in [0, 0.05) is 22.9 Å². The molecule has 0 radical (unpaired) electrons. The number of piperidine rings is 1. The number of methoxy groups -OCH3 is 1. The van der Waals surface area contributed by atoms with E-state index in [0.717, 1.165) is 43.3 Å². The van der Waals surface area contributed by atoms with Gasteiger partial charge in [-0.2, -0.15) is 0 Å². The van der Waals surface area contributed by atoms with Crippen LogP contribution in [0, 0.1) is 5.41 Å². The Bertz CT molecular complexity index is 1470. The van der Waals surface area contributed by atoms with Crippen LogP contribution in [-0.4, -0.2) is 66.1 Å². The van der Waals surface area contributed by atoms with E-state index < -0.39 is 0 Å². The molecular formula is C28H29N3O5S. The summed E-state index contributed by atoms with van der Waals surface area (Å²) in [6.07, 6.45) is 3.93. The van der Waals surface area contributed by atoms with Gasteiger partial charge in [0.15, 0.2) is 11.5 Å². The minimum atomic E-state index is -0.143. The first-order valence-electron chi connectivity index (χ1n) is 12.5. The molecule has 4 heterocycles. The zero-order valence-corrected chi connectivity index (χ0v) is 21.5. The SMILES string of the molecule is COc1cc(-n2cnc3cc(-c4ccc(O)cc4)sc3c2=O)ccc1OCCN1CCC2(CC1)COC2. The van der Waals surface area contributed by atoms with E-state index in [0.29, 0.717) is 39.4 Å². The molecule has 2 aromatic heterocycles. The van der Waals surface area contributed by atoms with Crippen molar-refractivity contribution < 1.29 is 19.3 Å². The van der Waals surface area contributed by atoms with Gasteiger partial charge in [-0.25, -0.2) is 4.98 Å². The van der Waals surface area contributed by atoms with E-state index in [1.54, 1.807) is 31.6 Å². The Morgan fingerprint density at radius 1 is 1.08 bits per heavy atom. The topological polar surface area (TPSA) is 86.0 Å². The maximum atomic E-state index is 13.3. The average Bonchev–Trinajstić information content (AvgIpc) is 3.34. The van der Waals surface area contributed by atoms with Crippen LogP contribution in [0.5, 0.6) is 17.2 Å². The van der Waals surface area contributed by atoms with Gasteiger partial charge in [0.2, 0.25) is 0 Å². The van der Waals surface area contributed by atoms with E-state index in [4.69, 9.17) is 14.2 Å². The van der Waals surface area contributed by atoms with Crippen molar-refractivity contribution in [2.45, 2.75) is 12.8 Å². The predicted octanol–water partition coefficient (Wildman–Crippen LogP) is 4.32. The molecule has 0 amide bonds. The summed E-state index contributed by atoms with van der Waals surface area (Å²) in [4.78, 5) is 21.2. The summed E-state index contributed by atoms with van der Waals surface area (Å²) >= 11 is 1.39. The Balaban J connectivity index is 1.17. The summed E-state index contributed by atoms with van der Waals surface area (Å²) < 4.78 is 19.2. The number of likely N-dealkylation sites (tertiary alicyclic amines) is 1. The molecule has 2 aromatic carbocycles. The lowest BCUT2D eigenvalue weighted by Gasteiger charge is -2.47. The fourth-order valence-electron chi connectivity index (χ4n) is 5.00. The highest BCUT2D eigenvalue weighted by molar-refractivity contribution is 7.22. The van der Waals surface area contributed by atoms with Gasteiger partial charge in [0.1, 0.15) is 23.4 Å². The van der Waals surface area contributed by atoms with Crippen LogP contribution in [0.1, 0.15) is 12.8 Å². The number of phenolic OH excluding ortho intramolecular Hbond substituents is 1. The fourth-order valence-corrected chi connectivity index (χ4v) is 6.05. The van der Waals surface area contributed by atoms with Crippen molar-refractivity contribution in [2.24, 2.45) is 5.41 Å². The highest BCUT2D eigenvalue weighted by atomic mass is 32.1. The van der Waals surface area contributed by atoms with Crippen LogP contribution in [0.2, 0.25) is 0 Å². The van der Waals surface area contributed by atoms with Gasteiger partial charge in [0.25, 0.3) is 5.56 Å². The van der Waals surface area contributed by atoms with Gasteiger partial charge in [-0.1, -0.05) is 0 Å². The molecule has 2 fully saturated rings. The Morgan fingerprint density at radius 3 is 2.57 bits per heavy atom. The molecule has 8 nitrogen and oxygen atoms in total. The molecule has 1 N–H and O–H groups in total. The van der Waals surface area contributed by atoms with Gasteiger partial charge in [0.05, 0.1) is 31.5 Å². The number of phenols is 1. The number of benzene rings is 2. The number of ether oxygens (including phenoxy) is 3. The fraction of sp³-hybridized carbons (Fsp3) is 0.357. The molecule has 0 aliphatic carbocycles. The normalized spacial score (nSPS) is 17.1. The Labute approximate surface area is 218 Å². The molecule has 9 heteroatoms. The second-order valence-electron chi connectivity index (χ2n) is 9.81. The van der Waals surface area contributed by atoms with Crippen LogP contribution in [0.4, 0.5) is 0 Å². The van der Waals surface area contributed by atoms with Crippen molar-refractivity contribution in [3.8, 4) is 33.4 Å². The molecule has 2 aliphatic heterocycles. The Hall–Kier alpha value is -3.40. The van der Waals surface area contributed by atoms with Crippen molar-refractivity contribution in [1.29, 1.82) is 0 Å². The van der Waals surface area contributed by atoms with E-state index >= 15 is 0 Å². The van der Waals surface area contributed by atoms with E-state index in [2.05, 4.69) is 9.88 Å². The lowest BCUT2D eigenvalue weighted by Crippen LogP contribution is -2.51. The van der Waals surface area contributed by atoms with Crippen molar-refractivity contribution in [3.63, 3.8) is 0 Å². The van der Waals surface area contributed by atoms with Crippen LogP contribution in [0.15, 0.2) is 59.7 Å². The smallest absolute Gasteiger partial charge is 0.275 e. The summed E-state index contributed by atoms with van der Waals surface area (Å²) in [5.74, 6) is 1.43. The first kappa shape index (κ1) is 24.0. The van der Waals surface area contributed by atoms with Crippen LogP contribution in [0.25, 0.3) is 26.3 Å². The van der Waals surface area contributed by atoms with Gasteiger partial charge < -0.3 is 19.3 Å². The largest absolute Gasteiger partial charge is 0.508 e. The molecule has 37 heavy (non-hydrogen) atoms. The quantitative estimate of drug-likeness (QED) is 0.389. The molecule has 2 saturated heterocycles. The number of aromatic hydroxyl groups is 1. The molecule has 0 bridgehead atoms. The highest BCUT2D eigenvalue weighted by Crippen LogP contribution is 2.38. The average molecular weight is 520 g/mol. The lowest BCUT2D eigenvalue weighted by atomic mass is 9.77. The predicted molar refractivity (Wildman–Crippen MR) is 143 cm³/mol. The van der Waals surface area contributed by atoms with Crippen molar-refractivity contribution in [2.75, 3.05) is 46.6 Å². The second-order valence-corrected chi connectivity index (χ2v) is 10.9. The third-order valence-corrected chi connectivity index (χ3v) is 8.57. The first-order valence-corrected chi connectivity index (χ1v) is 13.3. The number of hydrogen-bond donors (Lipinski definition) is 1. The van der Waals surface area contributed by atoms with E-state index in [-0.39, 0.29) is 11.3 Å². The summed E-state index contributed by atoms with van der Waals surface area (Å²) in [6, 6.07) is 14.3. The lowest BCUT2D eigenvalue weighted by molar-refractivity contribution is -0.139. The van der Waals surface area contributed by atoms with Crippen LogP contribution in [-0.2, 0) is 4.74 Å². The van der Waals surface area contributed by atoms with Crippen molar-refractivity contribution in [3.05, 3.63) is 65.2 Å². The maximum absolute atomic E-state index is 13.3. The molecule has 2 aliphatic rings. The van der Waals surface area contributed by atoms with Crippen molar-refractivity contribution in [1.82, 2.24) is 14.5 Å². The number of thiophene rings is 1. The Morgan fingerprint density at radius 2 is 1.86 bits per heavy atom. The van der Waals surface area contributed by atoms with Crippen LogP contribution in [0.3, 0.4) is 0 Å². The summed E-state index contributed by atoms with van der Waals surface area (Å²) in [6.45, 7) is 5.43. The molecule has 1 spiro atoms. The van der Waals surface area contributed by atoms with Gasteiger partial charge in [-0.05, 0) is 74.0 Å². The monoisotopic (exact) mass is 519 g/mol. The second kappa shape index (κ2) is 9.81. The van der Waals surface area contributed by atoms with Gasteiger partial charge >= 0.3 is 0 Å². The number of hydrogen-bond acceptors (Lipinski definition) is 8. The minimum Gasteiger partial charge on any atom is -0.508 e. The molecule has 4 aromatic rings. The van der Waals surface area contributed by atoms with E-state index in [1.165, 1.54) is 28.7 Å². The molecule has 192 valence electrons. The standard InChI is InChI=1S/C28H29N3O5S/c1-34-24-14-20(4-7-23(24)36-13-12-30-10-8-28(9-11-30)16-35-17-28)31-18-29-22-15-25(37-26(22)27(31)33)19-2-5-21(32)6-3-19/h2-7,14-15,18,32H,8-13,16-17H2,1H3. The zero-order chi connectivity index (χ0) is 25.4. The molecule has 0 unspecified atom stereocenters. The molecule has 6 rings (SSSR count). The number of nitrogens with zero attached hydrogens (tertiary/aromatic N) is 3. The molecule has 0 saturated carbocycles. The van der Waals surface area contributed by atoms with Crippen LogP contribution < -0.4 is 15.0 Å². The number of fused-ring (bicyclic) bond motifs is 1. The zero-order valence-electron chi connectivity index (χ0n) is 20.7. The summed E-state index contributed by atoms with van der Waals surface area (Å²) in [5.41, 5.74) is 2.52. The van der Waals surface area contributed by atoms with Gasteiger partial charge in [-0.15, -0.1) is 11.3 Å². The van der Waals surface area contributed by atoms with E-state index in [1.807, 2.05) is 30.3 Å². The third kappa shape index (κ3) is 4.70. The van der Waals surface area contributed by atoms with Gasteiger partial charge in [-0.3, -0.25) is 14.3 Å². The van der Waals surface area contributed by atoms with E-state index in [9.17, 15) is 9.90 Å². The third-order valence-electron chi connectivity index (χ3n) is 7.41. The molecular weight excluding hydrogens is 490 g/mol. The molecule has 0 atom stereocenters. The number of aromatic nitrogens is 2. The first-order chi connectivity index (χ1) is 18.0.